The SMILES string of the molecule is CSC(C)CNc1c(Br)cncc1[N+](=O)[O-]. The molecule has 0 aliphatic carbocycles. The Morgan fingerprint density at radius 1 is 1.69 bits per heavy atom. The number of thioether (sulfide) groups is 1. The number of nitro groups is 1. The number of anilines is 1. The molecule has 0 saturated heterocycles. The summed E-state index contributed by atoms with van der Waals surface area (Å²) in [6.07, 6.45) is 4.79. The van der Waals surface area contributed by atoms with Gasteiger partial charge in [0.1, 0.15) is 11.9 Å². The Bertz CT molecular complexity index is 389. The van der Waals surface area contributed by atoms with Gasteiger partial charge in [0.25, 0.3) is 0 Å². The first-order valence-corrected chi connectivity index (χ1v) is 6.69. The third-order valence-electron chi connectivity index (χ3n) is 2.05. The van der Waals surface area contributed by atoms with Gasteiger partial charge in [0.15, 0.2) is 0 Å². The van der Waals surface area contributed by atoms with Crippen LogP contribution >= 0.6 is 27.7 Å². The Hall–Kier alpha value is -0.820. The van der Waals surface area contributed by atoms with Gasteiger partial charge in [0.2, 0.25) is 0 Å². The Balaban J connectivity index is 2.88. The van der Waals surface area contributed by atoms with E-state index in [2.05, 4.69) is 33.2 Å². The molecule has 0 aliphatic rings. The predicted octanol–water partition coefficient (Wildman–Crippen LogP) is 2.92. The van der Waals surface area contributed by atoms with Gasteiger partial charge >= 0.3 is 5.69 Å². The number of hydrogen-bond acceptors (Lipinski definition) is 5. The maximum atomic E-state index is 10.8. The van der Waals surface area contributed by atoms with Crippen molar-refractivity contribution in [2.75, 3.05) is 18.1 Å². The number of nitrogens with one attached hydrogen (secondary N) is 1. The fourth-order valence-electron chi connectivity index (χ4n) is 1.07. The molecule has 1 rings (SSSR count). The van der Waals surface area contributed by atoms with Gasteiger partial charge in [-0.25, -0.2) is 0 Å². The van der Waals surface area contributed by atoms with E-state index >= 15 is 0 Å². The predicted molar refractivity (Wildman–Crippen MR) is 70.1 cm³/mol. The minimum atomic E-state index is -0.441. The molecule has 0 radical (unpaired) electrons. The van der Waals surface area contributed by atoms with Crippen LogP contribution < -0.4 is 5.32 Å². The lowest BCUT2D eigenvalue weighted by Crippen LogP contribution is -2.14. The second kappa shape index (κ2) is 6.05. The molecule has 7 heteroatoms. The van der Waals surface area contributed by atoms with Gasteiger partial charge in [0.05, 0.1) is 9.40 Å². The third-order valence-corrected chi connectivity index (χ3v) is 3.62. The highest BCUT2D eigenvalue weighted by Crippen LogP contribution is 2.31. The van der Waals surface area contributed by atoms with Crippen molar-refractivity contribution in [3.63, 3.8) is 0 Å². The average molecular weight is 306 g/mol. The summed E-state index contributed by atoms with van der Waals surface area (Å²) in [5, 5.41) is 14.2. The second-order valence-corrected chi connectivity index (χ2v) is 5.33. The summed E-state index contributed by atoms with van der Waals surface area (Å²) in [7, 11) is 0. The zero-order valence-electron chi connectivity index (χ0n) is 8.94. The van der Waals surface area contributed by atoms with Crippen LogP contribution in [0.4, 0.5) is 11.4 Å². The number of aromatic nitrogens is 1. The van der Waals surface area contributed by atoms with Crippen molar-refractivity contribution in [1.82, 2.24) is 4.98 Å². The van der Waals surface area contributed by atoms with E-state index in [0.29, 0.717) is 22.0 Å². The molecule has 1 unspecified atom stereocenters. The maximum absolute atomic E-state index is 10.8. The van der Waals surface area contributed by atoms with Crippen molar-refractivity contribution in [3.8, 4) is 0 Å². The van der Waals surface area contributed by atoms with E-state index in [4.69, 9.17) is 0 Å². The molecule has 1 aromatic rings. The van der Waals surface area contributed by atoms with Gasteiger partial charge in [0, 0.05) is 18.0 Å². The van der Waals surface area contributed by atoms with Gasteiger partial charge in [-0.3, -0.25) is 15.1 Å². The lowest BCUT2D eigenvalue weighted by Gasteiger charge is -2.12. The molecular formula is C9H12BrN3O2S. The summed E-state index contributed by atoms with van der Waals surface area (Å²) in [6.45, 7) is 2.73. The summed E-state index contributed by atoms with van der Waals surface area (Å²) in [5.41, 5.74) is 0.476. The summed E-state index contributed by atoms with van der Waals surface area (Å²) < 4.78 is 0.606. The van der Waals surface area contributed by atoms with E-state index in [1.54, 1.807) is 18.0 Å². The number of hydrogen-bond donors (Lipinski definition) is 1. The zero-order chi connectivity index (χ0) is 12.1. The Labute approximate surface area is 106 Å². The zero-order valence-corrected chi connectivity index (χ0v) is 11.3. The molecule has 1 aromatic heterocycles. The fourth-order valence-corrected chi connectivity index (χ4v) is 1.78. The first kappa shape index (κ1) is 13.2. The maximum Gasteiger partial charge on any atom is 0.311 e. The Morgan fingerprint density at radius 3 is 2.94 bits per heavy atom. The molecule has 1 N–H and O–H groups in total. The molecular weight excluding hydrogens is 294 g/mol. The molecule has 0 spiro atoms. The summed E-state index contributed by atoms with van der Waals surface area (Å²) in [5.74, 6) is 0. The van der Waals surface area contributed by atoms with E-state index in [1.165, 1.54) is 6.20 Å². The molecule has 0 amide bonds. The quantitative estimate of drug-likeness (QED) is 0.669. The molecule has 88 valence electrons. The number of halogens is 1. The van der Waals surface area contributed by atoms with Crippen LogP contribution in [0.1, 0.15) is 6.92 Å². The van der Waals surface area contributed by atoms with Crippen LogP contribution in [0.5, 0.6) is 0 Å². The minimum Gasteiger partial charge on any atom is -0.377 e. The van der Waals surface area contributed by atoms with Crippen LogP contribution in [0, 0.1) is 10.1 Å². The number of nitrogens with zero attached hydrogens (tertiary/aromatic N) is 2. The number of pyridine rings is 1. The van der Waals surface area contributed by atoms with Gasteiger partial charge in [-0.2, -0.15) is 11.8 Å². The van der Waals surface area contributed by atoms with Gasteiger partial charge < -0.3 is 5.32 Å². The minimum absolute atomic E-state index is 0.0114. The van der Waals surface area contributed by atoms with Gasteiger partial charge in [-0.15, -0.1) is 0 Å². The summed E-state index contributed by atoms with van der Waals surface area (Å²) >= 11 is 4.95. The summed E-state index contributed by atoms with van der Waals surface area (Å²) in [4.78, 5) is 14.1. The van der Waals surface area contributed by atoms with Crippen LogP contribution in [0.15, 0.2) is 16.9 Å². The fraction of sp³-hybridized carbons (Fsp3) is 0.444. The molecule has 0 bridgehead atoms. The molecule has 0 fully saturated rings. The normalized spacial score (nSPS) is 12.2. The standard InChI is InChI=1S/C9H12BrN3O2S/c1-6(16-2)3-12-9-7(10)4-11-5-8(9)13(14)15/h4-6H,3H2,1-2H3,(H,11,12). The first-order chi connectivity index (χ1) is 7.56. The van der Waals surface area contributed by atoms with Crippen LogP contribution in [0.2, 0.25) is 0 Å². The molecule has 16 heavy (non-hydrogen) atoms. The van der Waals surface area contributed by atoms with Crippen molar-refractivity contribution in [2.45, 2.75) is 12.2 Å². The van der Waals surface area contributed by atoms with E-state index in [1.807, 2.05) is 6.26 Å². The molecule has 1 atom stereocenters. The Morgan fingerprint density at radius 2 is 2.38 bits per heavy atom. The van der Waals surface area contributed by atoms with Crippen LogP contribution in [0.3, 0.4) is 0 Å². The highest BCUT2D eigenvalue weighted by molar-refractivity contribution is 9.10. The van der Waals surface area contributed by atoms with Crippen LogP contribution in [-0.4, -0.2) is 28.0 Å². The first-order valence-electron chi connectivity index (χ1n) is 4.60. The third kappa shape index (κ3) is 3.34. The highest BCUT2D eigenvalue weighted by atomic mass is 79.9. The second-order valence-electron chi connectivity index (χ2n) is 3.20. The lowest BCUT2D eigenvalue weighted by atomic mass is 10.3. The van der Waals surface area contributed by atoms with Gasteiger partial charge in [-0.1, -0.05) is 6.92 Å². The van der Waals surface area contributed by atoms with Crippen molar-refractivity contribution >= 4 is 39.1 Å². The van der Waals surface area contributed by atoms with Crippen LogP contribution in [0.25, 0.3) is 0 Å². The van der Waals surface area contributed by atoms with E-state index in [0.717, 1.165) is 0 Å². The molecule has 0 aliphatic heterocycles. The van der Waals surface area contributed by atoms with E-state index in [-0.39, 0.29) is 5.69 Å². The van der Waals surface area contributed by atoms with Crippen molar-refractivity contribution in [1.29, 1.82) is 0 Å². The number of rotatable bonds is 5. The van der Waals surface area contributed by atoms with Gasteiger partial charge in [-0.05, 0) is 22.2 Å². The average Bonchev–Trinajstić information content (AvgIpc) is 2.26. The van der Waals surface area contributed by atoms with E-state index in [9.17, 15) is 10.1 Å². The molecule has 0 aromatic carbocycles. The van der Waals surface area contributed by atoms with Crippen molar-refractivity contribution < 1.29 is 4.92 Å². The monoisotopic (exact) mass is 305 g/mol. The Kier molecular flexibility index (Phi) is 5.01. The highest BCUT2D eigenvalue weighted by Gasteiger charge is 2.17. The molecule has 5 nitrogen and oxygen atoms in total. The largest absolute Gasteiger partial charge is 0.377 e. The summed E-state index contributed by atoms with van der Waals surface area (Å²) in [6, 6.07) is 0. The molecule has 0 saturated carbocycles. The van der Waals surface area contributed by atoms with Crippen molar-refractivity contribution in [3.05, 3.63) is 27.0 Å². The molecule has 1 heterocycles. The topological polar surface area (TPSA) is 68.1 Å². The lowest BCUT2D eigenvalue weighted by molar-refractivity contribution is -0.384. The van der Waals surface area contributed by atoms with E-state index < -0.39 is 4.92 Å². The van der Waals surface area contributed by atoms with Crippen LogP contribution in [-0.2, 0) is 0 Å². The smallest absolute Gasteiger partial charge is 0.311 e. The van der Waals surface area contributed by atoms with Crippen molar-refractivity contribution in [2.24, 2.45) is 0 Å².